The lowest BCUT2D eigenvalue weighted by Gasteiger charge is -2.17. The Balaban J connectivity index is 2.04. The van der Waals surface area contributed by atoms with Crippen LogP contribution in [0.3, 0.4) is 0 Å². The Morgan fingerprint density at radius 3 is 2.62 bits per heavy atom. The highest BCUT2D eigenvalue weighted by Crippen LogP contribution is 2.25. The van der Waals surface area contributed by atoms with E-state index in [1.54, 1.807) is 12.1 Å². The second-order valence-corrected chi connectivity index (χ2v) is 5.55. The summed E-state index contributed by atoms with van der Waals surface area (Å²) in [5.74, 6) is 0. The topological polar surface area (TPSA) is 64.4 Å². The average Bonchev–Trinajstić information content (AvgIpc) is 2.75. The van der Waals surface area contributed by atoms with Crippen LogP contribution in [0.5, 0.6) is 0 Å². The summed E-state index contributed by atoms with van der Waals surface area (Å²) >= 11 is 0. The summed E-state index contributed by atoms with van der Waals surface area (Å²) < 4.78 is 6.01. The number of nitrogens with one attached hydrogen (secondary N) is 1. The SMILES string of the molecule is CCNc1ccc([N+](=O)[O-])cc1COC1CCCCCC1. The summed E-state index contributed by atoms with van der Waals surface area (Å²) in [4.78, 5) is 10.6. The van der Waals surface area contributed by atoms with Gasteiger partial charge in [0.25, 0.3) is 5.69 Å². The van der Waals surface area contributed by atoms with Crippen molar-refractivity contribution in [1.82, 2.24) is 0 Å². The average molecular weight is 292 g/mol. The maximum Gasteiger partial charge on any atom is 0.269 e. The third kappa shape index (κ3) is 4.70. The van der Waals surface area contributed by atoms with Gasteiger partial charge >= 0.3 is 0 Å². The first-order valence-electron chi connectivity index (χ1n) is 7.83. The maximum absolute atomic E-state index is 10.9. The van der Waals surface area contributed by atoms with Gasteiger partial charge in [-0.05, 0) is 25.8 Å². The van der Waals surface area contributed by atoms with E-state index in [0.717, 1.165) is 30.6 Å². The summed E-state index contributed by atoms with van der Waals surface area (Å²) in [6.07, 6.45) is 7.52. The van der Waals surface area contributed by atoms with Crippen molar-refractivity contribution >= 4 is 11.4 Å². The van der Waals surface area contributed by atoms with Gasteiger partial charge in [0, 0.05) is 29.9 Å². The molecule has 0 amide bonds. The zero-order valence-electron chi connectivity index (χ0n) is 12.6. The summed E-state index contributed by atoms with van der Waals surface area (Å²) in [7, 11) is 0. The highest BCUT2D eigenvalue weighted by molar-refractivity contribution is 5.55. The second-order valence-electron chi connectivity index (χ2n) is 5.55. The van der Waals surface area contributed by atoms with Gasteiger partial charge in [0.15, 0.2) is 0 Å². The van der Waals surface area contributed by atoms with Crippen LogP contribution >= 0.6 is 0 Å². The van der Waals surface area contributed by atoms with Gasteiger partial charge in [0.05, 0.1) is 17.6 Å². The highest BCUT2D eigenvalue weighted by Gasteiger charge is 2.15. The molecule has 21 heavy (non-hydrogen) atoms. The number of rotatable bonds is 6. The van der Waals surface area contributed by atoms with Gasteiger partial charge in [0.1, 0.15) is 0 Å². The van der Waals surface area contributed by atoms with Crippen molar-refractivity contribution in [3.63, 3.8) is 0 Å². The van der Waals surface area contributed by atoms with Crippen molar-refractivity contribution < 1.29 is 9.66 Å². The van der Waals surface area contributed by atoms with E-state index in [4.69, 9.17) is 4.74 Å². The largest absolute Gasteiger partial charge is 0.385 e. The van der Waals surface area contributed by atoms with Crippen LogP contribution in [0.2, 0.25) is 0 Å². The first kappa shape index (κ1) is 15.8. The van der Waals surface area contributed by atoms with E-state index < -0.39 is 0 Å². The third-order valence-corrected chi connectivity index (χ3v) is 3.94. The Labute approximate surface area is 125 Å². The van der Waals surface area contributed by atoms with Crippen LogP contribution < -0.4 is 5.32 Å². The van der Waals surface area contributed by atoms with Crippen LogP contribution in [0.25, 0.3) is 0 Å². The summed E-state index contributed by atoms with van der Waals surface area (Å²) in [5.41, 5.74) is 1.92. The molecule has 1 saturated carbocycles. The van der Waals surface area contributed by atoms with Crippen molar-refractivity contribution in [3.05, 3.63) is 33.9 Å². The molecule has 1 aromatic rings. The fourth-order valence-corrected chi connectivity index (χ4v) is 2.79. The molecule has 0 radical (unpaired) electrons. The van der Waals surface area contributed by atoms with E-state index in [1.807, 2.05) is 6.92 Å². The third-order valence-electron chi connectivity index (χ3n) is 3.94. The Bertz CT molecular complexity index is 469. The fraction of sp³-hybridized carbons (Fsp3) is 0.625. The van der Waals surface area contributed by atoms with Crippen molar-refractivity contribution in [3.8, 4) is 0 Å². The minimum atomic E-state index is -0.356. The Morgan fingerprint density at radius 1 is 1.29 bits per heavy atom. The summed E-state index contributed by atoms with van der Waals surface area (Å²) in [6, 6.07) is 4.93. The fourth-order valence-electron chi connectivity index (χ4n) is 2.79. The standard InChI is InChI=1S/C16H24N2O3/c1-2-17-16-10-9-14(18(19)20)11-13(16)12-21-15-7-5-3-4-6-8-15/h9-11,15,17H,2-8,12H2,1H3. The molecule has 1 N–H and O–H groups in total. The number of ether oxygens (including phenoxy) is 1. The van der Waals surface area contributed by atoms with Crippen LogP contribution in [0, 0.1) is 10.1 Å². The number of benzene rings is 1. The predicted molar refractivity (Wildman–Crippen MR) is 83.5 cm³/mol. The molecule has 0 saturated heterocycles. The number of hydrogen-bond donors (Lipinski definition) is 1. The van der Waals surface area contributed by atoms with Gasteiger partial charge in [-0.25, -0.2) is 0 Å². The van der Waals surface area contributed by atoms with E-state index >= 15 is 0 Å². The molecule has 116 valence electrons. The van der Waals surface area contributed by atoms with Gasteiger partial charge in [-0.1, -0.05) is 25.7 Å². The van der Waals surface area contributed by atoms with E-state index in [1.165, 1.54) is 31.7 Å². The van der Waals surface area contributed by atoms with Crippen molar-refractivity contribution in [2.45, 2.75) is 58.2 Å². The van der Waals surface area contributed by atoms with Crippen LogP contribution in [0.1, 0.15) is 51.0 Å². The molecule has 0 atom stereocenters. The van der Waals surface area contributed by atoms with Gasteiger partial charge < -0.3 is 10.1 Å². The molecule has 0 heterocycles. The molecule has 0 aromatic heterocycles. The molecule has 0 spiro atoms. The zero-order chi connectivity index (χ0) is 15.1. The zero-order valence-corrected chi connectivity index (χ0v) is 12.6. The van der Waals surface area contributed by atoms with Gasteiger partial charge in [-0.3, -0.25) is 10.1 Å². The molecule has 1 aliphatic rings. The van der Waals surface area contributed by atoms with E-state index in [0.29, 0.717) is 12.7 Å². The van der Waals surface area contributed by atoms with Crippen molar-refractivity contribution in [2.75, 3.05) is 11.9 Å². The lowest BCUT2D eigenvalue weighted by molar-refractivity contribution is -0.384. The first-order valence-corrected chi connectivity index (χ1v) is 7.83. The molecule has 1 aromatic carbocycles. The lowest BCUT2D eigenvalue weighted by atomic mass is 10.1. The van der Waals surface area contributed by atoms with Crippen LogP contribution in [-0.2, 0) is 11.3 Å². The maximum atomic E-state index is 10.9. The molecule has 5 heteroatoms. The number of nitro groups is 1. The van der Waals surface area contributed by atoms with E-state index in [2.05, 4.69) is 5.32 Å². The normalized spacial score (nSPS) is 16.4. The highest BCUT2D eigenvalue weighted by atomic mass is 16.6. The molecular weight excluding hydrogens is 268 g/mol. The van der Waals surface area contributed by atoms with Crippen LogP contribution in [0.4, 0.5) is 11.4 Å². The van der Waals surface area contributed by atoms with Crippen molar-refractivity contribution in [1.29, 1.82) is 0 Å². The monoisotopic (exact) mass is 292 g/mol. The predicted octanol–water partition coefficient (Wildman–Crippen LogP) is 4.27. The Hall–Kier alpha value is -1.62. The summed E-state index contributed by atoms with van der Waals surface area (Å²) in [5, 5.41) is 14.2. The van der Waals surface area contributed by atoms with Gasteiger partial charge in [-0.15, -0.1) is 0 Å². The smallest absolute Gasteiger partial charge is 0.269 e. The molecule has 5 nitrogen and oxygen atoms in total. The number of non-ortho nitro benzene ring substituents is 1. The molecule has 1 aliphatic carbocycles. The molecule has 1 fully saturated rings. The number of anilines is 1. The van der Waals surface area contributed by atoms with Crippen LogP contribution in [-0.4, -0.2) is 17.6 Å². The van der Waals surface area contributed by atoms with E-state index in [9.17, 15) is 10.1 Å². The van der Waals surface area contributed by atoms with Gasteiger partial charge in [0.2, 0.25) is 0 Å². The number of nitro benzene ring substituents is 1. The quantitative estimate of drug-likeness (QED) is 0.483. The minimum Gasteiger partial charge on any atom is -0.385 e. The number of hydrogen-bond acceptors (Lipinski definition) is 4. The second kappa shape index (κ2) is 7.98. The molecule has 2 rings (SSSR count). The Kier molecular flexibility index (Phi) is 5.99. The summed E-state index contributed by atoms with van der Waals surface area (Å²) in [6.45, 7) is 3.24. The van der Waals surface area contributed by atoms with E-state index in [-0.39, 0.29) is 10.6 Å². The van der Waals surface area contributed by atoms with Crippen LogP contribution in [0.15, 0.2) is 18.2 Å². The van der Waals surface area contributed by atoms with Crippen molar-refractivity contribution in [2.24, 2.45) is 0 Å². The lowest BCUT2D eigenvalue weighted by Crippen LogP contribution is -2.12. The van der Waals surface area contributed by atoms with Gasteiger partial charge in [-0.2, -0.15) is 0 Å². The molecular formula is C16H24N2O3. The molecule has 0 unspecified atom stereocenters. The first-order chi connectivity index (χ1) is 10.2. The Morgan fingerprint density at radius 2 is 2.00 bits per heavy atom. The molecule has 0 aliphatic heterocycles. The number of nitrogens with zero attached hydrogens (tertiary/aromatic N) is 1. The minimum absolute atomic E-state index is 0.121. The molecule has 0 bridgehead atoms.